The van der Waals surface area contributed by atoms with Crippen LogP contribution >= 0.6 is 27.5 Å². The van der Waals surface area contributed by atoms with Crippen LogP contribution in [0, 0.1) is 0 Å². The van der Waals surface area contributed by atoms with E-state index in [4.69, 9.17) is 16.3 Å². The second-order valence-electron chi connectivity index (χ2n) is 2.64. The smallest absolute Gasteiger partial charge is 0.318 e. The molecule has 14 heavy (non-hydrogen) atoms. The molecule has 0 N–H and O–H groups in total. The first kappa shape index (κ1) is 11.5. The van der Waals surface area contributed by atoms with E-state index in [-0.39, 0.29) is 0 Å². The number of rotatable bonds is 4. The van der Waals surface area contributed by atoms with Crippen LogP contribution in [0.25, 0.3) is 0 Å². The number of ether oxygens (including phenoxy) is 1. The Morgan fingerprint density at radius 1 is 1.64 bits per heavy atom. The lowest BCUT2D eigenvalue weighted by atomic mass is 10.5. The van der Waals surface area contributed by atoms with Crippen molar-refractivity contribution in [3.05, 3.63) is 11.2 Å². The Labute approximate surface area is 96.4 Å². The fourth-order valence-electron chi connectivity index (χ4n) is 0.941. The first-order chi connectivity index (χ1) is 6.69. The third kappa shape index (κ3) is 2.72. The Morgan fingerprint density at radius 3 is 2.93 bits per heavy atom. The largest absolute Gasteiger partial charge is 0.467 e. The molecular weight excluding hydrogens is 269 g/mol. The van der Waals surface area contributed by atoms with Crippen LogP contribution < -0.4 is 9.64 Å². The Hall–Kier alpha value is -0.550. The molecule has 1 heterocycles. The second kappa shape index (κ2) is 5.36. The van der Waals surface area contributed by atoms with Crippen molar-refractivity contribution in [2.24, 2.45) is 0 Å². The SMILES string of the molecule is COc1ncc(Cl)c(N(C)CCBr)n1. The first-order valence-electron chi connectivity index (χ1n) is 4.02. The van der Waals surface area contributed by atoms with Crippen molar-refractivity contribution in [3.63, 3.8) is 0 Å². The summed E-state index contributed by atoms with van der Waals surface area (Å²) in [6.07, 6.45) is 1.54. The van der Waals surface area contributed by atoms with Gasteiger partial charge in [-0.15, -0.1) is 0 Å². The van der Waals surface area contributed by atoms with E-state index >= 15 is 0 Å². The molecule has 0 fully saturated rings. The van der Waals surface area contributed by atoms with E-state index in [1.807, 2.05) is 11.9 Å². The van der Waals surface area contributed by atoms with E-state index in [9.17, 15) is 0 Å². The highest BCUT2D eigenvalue weighted by molar-refractivity contribution is 9.09. The predicted molar refractivity (Wildman–Crippen MR) is 60.7 cm³/mol. The number of halogens is 2. The fourth-order valence-corrected chi connectivity index (χ4v) is 1.71. The molecule has 0 amide bonds. The average Bonchev–Trinajstić information content (AvgIpc) is 2.19. The van der Waals surface area contributed by atoms with Gasteiger partial charge in [-0.1, -0.05) is 27.5 Å². The average molecular weight is 281 g/mol. The maximum Gasteiger partial charge on any atom is 0.318 e. The summed E-state index contributed by atoms with van der Waals surface area (Å²) in [5, 5.41) is 1.38. The zero-order valence-corrected chi connectivity index (χ0v) is 10.3. The van der Waals surface area contributed by atoms with Crippen molar-refractivity contribution in [1.82, 2.24) is 9.97 Å². The van der Waals surface area contributed by atoms with Gasteiger partial charge in [0.2, 0.25) is 0 Å². The van der Waals surface area contributed by atoms with Gasteiger partial charge in [-0.3, -0.25) is 0 Å². The van der Waals surface area contributed by atoms with Gasteiger partial charge in [0.25, 0.3) is 0 Å². The summed E-state index contributed by atoms with van der Waals surface area (Å²) < 4.78 is 4.92. The molecule has 1 aromatic heterocycles. The highest BCUT2D eigenvalue weighted by Gasteiger charge is 2.09. The molecule has 0 aromatic carbocycles. The molecule has 0 atom stereocenters. The van der Waals surface area contributed by atoms with E-state index < -0.39 is 0 Å². The molecule has 0 saturated heterocycles. The van der Waals surface area contributed by atoms with Crippen molar-refractivity contribution in [2.45, 2.75) is 0 Å². The minimum Gasteiger partial charge on any atom is -0.467 e. The highest BCUT2D eigenvalue weighted by Crippen LogP contribution is 2.23. The van der Waals surface area contributed by atoms with Gasteiger partial charge in [0.1, 0.15) is 5.02 Å². The fraction of sp³-hybridized carbons (Fsp3) is 0.500. The number of hydrogen-bond donors (Lipinski definition) is 0. The van der Waals surface area contributed by atoms with Gasteiger partial charge in [-0.2, -0.15) is 4.98 Å². The number of nitrogens with zero attached hydrogens (tertiary/aromatic N) is 3. The Bertz CT molecular complexity index is 311. The number of methoxy groups -OCH3 is 1. The lowest BCUT2D eigenvalue weighted by Gasteiger charge is -2.17. The van der Waals surface area contributed by atoms with Crippen LogP contribution in [0.5, 0.6) is 6.01 Å². The molecule has 1 rings (SSSR count). The lowest BCUT2D eigenvalue weighted by Crippen LogP contribution is -2.21. The van der Waals surface area contributed by atoms with Crippen LogP contribution in [0.2, 0.25) is 5.02 Å². The summed E-state index contributed by atoms with van der Waals surface area (Å²) in [6.45, 7) is 0.819. The number of anilines is 1. The third-order valence-corrected chi connectivity index (χ3v) is 2.29. The molecule has 0 bridgehead atoms. The molecule has 0 saturated carbocycles. The molecule has 4 nitrogen and oxygen atoms in total. The zero-order valence-electron chi connectivity index (χ0n) is 8.00. The van der Waals surface area contributed by atoms with E-state index in [0.717, 1.165) is 11.9 Å². The standard InChI is InChI=1S/C8H11BrClN3O/c1-13(4-3-9)7-6(10)5-11-8(12-7)14-2/h5H,3-4H2,1-2H3. The number of alkyl halides is 1. The minimum absolute atomic E-state index is 0.325. The number of aromatic nitrogens is 2. The van der Waals surface area contributed by atoms with Gasteiger partial charge in [-0.25, -0.2) is 4.98 Å². The van der Waals surface area contributed by atoms with Crippen LogP contribution in [0.3, 0.4) is 0 Å². The molecule has 0 radical (unpaired) electrons. The van der Waals surface area contributed by atoms with E-state index in [2.05, 4.69) is 25.9 Å². The maximum absolute atomic E-state index is 5.95. The van der Waals surface area contributed by atoms with Crippen molar-refractivity contribution in [1.29, 1.82) is 0 Å². The third-order valence-electron chi connectivity index (χ3n) is 1.67. The highest BCUT2D eigenvalue weighted by atomic mass is 79.9. The molecule has 6 heteroatoms. The van der Waals surface area contributed by atoms with Crippen LogP contribution in [-0.4, -0.2) is 36.0 Å². The molecule has 78 valence electrons. The van der Waals surface area contributed by atoms with Crippen molar-refractivity contribution < 1.29 is 4.74 Å². The predicted octanol–water partition coefficient (Wildman–Crippen LogP) is 1.97. The molecule has 0 spiro atoms. The summed E-state index contributed by atoms with van der Waals surface area (Å²) >= 11 is 9.29. The maximum atomic E-state index is 5.95. The van der Waals surface area contributed by atoms with Crippen molar-refractivity contribution in [2.75, 3.05) is 30.9 Å². The number of hydrogen-bond acceptors (Lipinski definition) is 4. The van der Waals surface area contributed by atoms with E-state index in [1.54, 1.807) is 0 Å². The van der Waals surface area contributed by atoms with Gasteiger partial charge in [-0.05, 0) is 0 Å². The summed E-state index contributed by atoms with van der Waals surface area (Å²) in [7, 11) is 3.44. The second-order valence-corrected chi connectivity index (χ2v) is 3.84. The minimum atomic E-state index is 0.325. The van der Waals surface area contributed by atoms with Crippen LogP contribution in [0.4, 0.5) is 5.82 Å². The Morgan fingerprint density at radius 2 is 2.36 bits per heavy atom. The van der Waals surface area contributed by atoms with Crippen LogP contribution in [0.1, 0.15) is 0 Å². The molecule has 1 aromatic rings. The van der Waals surface area contributed by atoms with Gasteiger partial charge >= 0.3 is 6.01 Å². The monoisotopic (exact) mass is 279 g/mol. The summed E-state index contributed by atoms with van der Waals surface area (Å²) in [4.78, 5) is 9.98. The van der Waals surface area contributed by atoms with E-state index in [1.165, 1.54) is 13.3 Å². The topological polar surface area (TPSA) is 38.2 Å². The van der Waals surface area contributed by atoms with Crippen LogP contribution in [0.15, 0.2) is 6.20 Å². The first-order valence-corrected chi connectivity index (χ1v) is 5.52. The normalized spacial score (nSPS) is 10.0. The molecule has 0 unspecified atom stereocenters. The van der Waals surface area contributed by atoms with Crippen molar-refractivity contribution >= 4 is 33.3 Å². The lowest BCUT2D eigenvalue weighted by molar-refractivity contribution is 0.380. The summed E-state index contributed by atoms with van der Waals surface area (Å²) in [6, 6.07) is 0.325. The molecule has 0 aliphatic rings. The Kier molecular flexibility index (Phi) is 4.41. The summed E-state index contributed by atoms with van der Waals surface area (Å²) in [5.74, 6) is 0.679. The Balaban J connectivity index is 2.93. The van der Waals surface area contributed by atoms with E-state index in [0.29, 0.717) is 16.9 Å². The molecule has 0 aliphatic heterocycles. The van der Waals surface area contributed by atoms with Crippen molar-refractivity contribution in [3.8, 4) is 6.01 Å². The molecular formula is C8H11BrClN3O. The molecule has 0 aliphatic carbocycles. The van der Waals surface area contributed by atoms with Gasteiger partial charge in [0, 0.05) is 18.9 Å². The summed E-state index contributed by atoms with van der Waals surface area (Å²) in [5.41, 5.74) is 0. The zero-order chi connectivity index (χ0) is 10.6. The van der Waals surface area contributed by atoms with Gasteiger partial charge < -0.3 is 9.64 Å². The van der Waals surface area contributed by atoms with Gasteiger partial charge in [0.15, 0.2) is 5.82 Å². The quantitative estimate of drug-likeness (QED) is 0.791. The van der Waals surface area contributed by atoms with Crippen LogP contribution in [-0.2, 0) is 0 Å². The van der Waals surface area contributed by atoms with Gasteiger partial charge in [0.05, 0.1) is 13.3 Å².